The van der Waals surface area contributed by atoms with Crippen molar-refractivity contribution >= 4 is 23.1 Å². The zero-order valence-electron chi connectivity index (χ0n) is 13.1. The first-order valence-corrected chi connectivity index (χ1v) is 12.7. The van der Waals surface area contributed by atoms with Crippen molar-refractivity contribution < 1.29 is 14.0 Å². The number of carbonyl (C=O) groups is 1. The standard InChI is InChI=1S/C13H23N2O3Si2/c1-7-11(12(16)18-20(4,5)6)13(8-14,9-15)17-10-19(2)3/h11H,7,10H2,1-6H3. The number of carbonyl (C=O) groups excluding carboxylic acids is 1. The Hall–Kier alpha value is -1.16. The Kier molecular flexibility index (Phi) is 7.14. The molecule has 0 aliphatic carbocycles. The van der Waals surface area contributed by atoms with Crippen LogP contribution in [0.15, 0.2) is 0 Å². The van der Waals surface area contributed by atoms with Gasteiger partial charge in [-0.05, 0) is 26.1 Å². The second-order valence-electron chi connectivity index (χ2n) is 5.95. The molecule has 0 aliphatic rings. The molecule has 0 heterocycles. The van der Waals surface area contributed by atoms with Crippen LogP contribution in [-0.2, 0) is 14.0 Å². The van der Waals surface area contributed by atoms with Gasteiger partial charge in [-0.1, -0.05) is 20.0 Å². The smallest absolute Gasteiger partial charge is 0.300 e. The molecule has 20 heavy (non-hydrogen) atoms. The lowest BCUT2D eigenvalue weighted by molar-refractivity contribution is -0.146. The van der Waals surface area contributed by atoms with Crippen molar-refractivity contribution in [1.82, 2.24) is 0 Å². The molecule has 0 aliphatic heterocycles. The van der Waals surface area contributed by atoms with Crippen LogP contribution in [0.1, 0.15) is 13.3 Å². The lowest BCUT2D eigenvalue weighted by Crippen LogP contribution is -2.46. The number of hydrogen-bond donors (Lipinski definition) is 0. The molecule has 0 aromatic carbocycles. The maximum atomic E-state index is 12.2. The molecule has 0 saturated carbocycles. The van der Waals surface area contributed by atoms with Gasteiger partial charge in [0.05, 0.1) is 8.80 Å². The predicted molar refractivity (Wildman–Crippen MR) is 80.6 cm³/mol. The van der Waals surface area contributed by atoms with E-state index in [0.29, 0.717) is 12.7 Å². The molecule has 7 heteroatoms. The van der Waals surface area contributed by atoms with Crippen LogP contribution in [0.2, 0.25) is 32.7 Å². The van der Waals surface area contributed by atoms with E-state index in [9.17, 15) is 15.3 Å². The third kappa shape index (κ3) is 5.45. The maximum absolute atomic E-state index is 12.2. The van der Waals surface area contributed by atoms with E-state index in [4.69, 9.17) is 9.16 Å². The molecule has 1 unspecified atom stereocenters. The summed E-state index contributed by atoms with van der Waals surface area (Å²) in [4.78, 5) is 12.2. The van der Waals surface area contributed by atoms with Crippen LogP contribution in [0.25, 0.3) is 0 Å². The predicted octanol–water partition coefficient (Wildman–Crippen LogP) is 2.49. The fourth-order valence-corrected chi connectivity index (χ4v) is 2.86. The molecule has 0 aromatic heterocycles. The van der Waals surface area contributed by atoms with E-state index < -0.39 is 34.6 Å². The fourth-order valence-electron chi connectivity index (χ4n) is 1.60. The van der Waals surface area contributed by atoms with Gasteiger partial charge in [-0.3, -0.25) is 4.79 Å². The molecule has 0 fully saturated rings. The molecule has 0 spiro atoms. The van der Waals surface area contributed by atoms with Crippen molar-refractivity contribution in [3.63, 3.8) is 0 Å². The highest BCUT2D eigenvalue weighted by Gasteiger charge is 2.46. The topological polar surface area (TPSA) is 83.1 Å². The van der Waals surface area contributed by atoms with E-state index in [2.05, 4.69) is 0 Å². The molecule has 1 atom stereocenters. The van der Waals surface area contributed by atoms with Crippen molar-refractivity contribution in [2.24, 2.45) is 5.92 Å². The van der Waals surface area contributed by atoms with Gasteiger partial charge in [0.15, 0.2) is 0 Å². The third-order valence-electron chi connectivity index (χ3n) is 2.51. The van der Waals surface area contributed by atoms with Crippen LogP contribution < -0.4 is 0 Å². The van der Waals surface area contributed by atoms with Crippen molar-refractivity contribution in [3.05, 3.63) is 0 Å². The van der Waals surface area contributed by atoms with Gasteiger partial charge in [0.25, 0.3) is 5.60 Å². The van der Waals surface area contributed by atoms with Gasteiger partial charge in [-0.15, -0.1) is 0 Å². The second-order valence-corrected chi connectivity index (χ2v) is 13.1. The molecule has 0 amide bonds. The highest BCUT2D eigenvalue weighted by Crippen LogP contribution is 2.27. The zero-order chi connectivity index (χ0) is 16.0. The van der Waals surface area contributed by atoms with Crippen LogP contribution in [0.5, 0.6) is 0 Å². The Morgan fingerprint density at radius 1 is 1.30 bits per heavy atom. The van der Waals surface area contributed by atoms with Crippen molar-refractivity contribution in [3.8, 4) is 12.1 Å². The van der Waals surface area contributed by atoms with Gasteiger partial charge in [0.1, 0.15) is 18.1 Å². The molecule has 111 valence electrons. The Labute approximate surface area is 124 Å². The minimum absolute atomic E-state index is 0.333. The maximum Gasteiger partial charge on any atom is 0.300 e. The highest BCUT2D eigenvalue weighted by molar-refractivity contribution is 6.71. The lowest BCUT2D eigenvalue weighted by Gasteiger charge is -2.30. The Morgan fingerprint density at radius 2 is 1.80 bits per heavy atom. The average molecular weight is 312 g/mol. The zero-order valence-corrected chi connectivity index (χ0v) is 15.1. The molecule has 0 bridgehead atoms. The third-order valence-corrected chi connectivity index (χ3v) is 4.05. The first-order chi connectivity index (χ1) is 9.11. The second kappa shape index (κ2) is 7.58. The Bertz CT molecular complexity index is 405. The molecule has 1 radical (unpaired) electrons. The number of nitrogens with zero attached hydrogens (tertiary/aromatic N) is 2. The van der Waals surface area contributed by atoms with Crippen LogP contribution in [0, 0.1) is 28.6 Å². The molecule has 5 nitrogen and oxygen atoms in total. The van der Waals surface area contributed by atoms with Crippen LogP contribution in [0.4, 0.5) is 0 Å². The largest absolute Gasteiger partial charge is 0.520 e. The molecule has 0 N–H and O–H groups in total. The summed E-state index contributed by atoms with van der Waals surface area (Å²) in [7, 11) is -2.82. The Morgan fingerprint density at radius 3 is 2.10 bits per heavy atom. The molecule has 0 saturated heterocycles. The van der Waals surface area contributed by atoms with E-state index >= 15 is 0 Å². The van der Waals surface area contributed by atoms with Crippen molar-refractivity contribution in [2.75, 3.05) is 6.23 Å². The van der Waals surface area contributed by atoms with E-state index in [1.807, 2.05) is 44.9 Å². The summed E-state index contributed by atoms with van der Waals surface area (Å²) < 4.78 is 10.9. The van der Waals surface area contributed by atoms with Gasteiger partial charge < -0.3 is 9.16 Å². The molecular formula is C13H23N2O3Si2. The number of ether oxygens (including phenoxy) is 1. The summed E-state index contributed by atoms with van der Waals surface area (Å²) in [6, 6.07) is 3.77. The molecule has 0 aromatic rings. The van der Waals surface area contributed by atoms with Gasteiger partial charge >= 0.3 is 5.97 Å². The van der Waals surface area contributed by atoms with Crippen LogP contribution in [-0.4, -0.2) is 34.9 Å². The number of nitriles is 2. The average Bonchev–Trinajstić information content (AvgIpc) is 2.32. The van der Waals surface area contributed by atoms with E-state index in [-0.39, 0.29) is 0 Å². The van der Waals surface area contributed by atoms with Crippen molar-refractivity contribution in [2.45, 2.75) is 51.7 Å². The summed E-state index contributed by atoms with van der Waals surface area (Å²) in [5.74, 6) is -1.37. The fraction of sp³-hybridized carbons (Fsp3) is 0.769. The monoisotopic (exact) mass is 311 g/mol. The minimum Gasteiger partial charge on any atom is -0.520 e. The molecular weight excluding hydrogens is 288 g/mol. The molecule has 0 rings (SSSR count). The summed E-state index contributed by atoms with van der Waals surface area (Å²) in [5.41, 5.74) is -1.74. The normalized spacial score (nSPS) is 13.4. The van der Waals surface area contributed by atoms with Gasteiger partial charge in [-0.2, -0.15) is 10.5 Å². The quantitative estimate of drug-likeness (QED) is 0.674. The van der Waals surface area contributed by atoms with Gasteiger partial charge in [0.2, 0.25) is 8.32 Å². The van der Waals surface area contributed by atoms with Crippen LogP contribution >= 0.6 is 0 Å². The van der Waals surface area contributed by atoms with E-state index in [0.717, 1.165) is 0 Å². The first kappa shape index (κ1) is 18.8. The SMILES string of the molecule is CCC(C(=O)O[Si](C)(C)C)C(C#N)(C#N)OC[Si](C)C. The number of rotatable bonds is 7. The van der Waals surface area contributed by atoms with Crippen LogP contribution in [0.3, 0.4) is 0 Å². The lowest BCUT2D eigenvalue weighted by atomic mass is 9.87. The Balaban J connectivity index is 5.27. The van der Waals surface area contributed by atoms with E-state index in [1.54, 1.807) is 6.92 Å². The summed E-state index contributed by atoms with van der Waals surface area (Å²) in [6.07, 6.45) is 0.683. The highest BCUT2D eigenvalue weighted by atomic mass is 28.4. The van der Waals surface area contributed by atoms with Crippen molar-refractivity contribution in [1.29, 1.82) is 10.5 Å². The van der Waals surface area contributed by atoms with Gasteiger partial charge in [-0.25, -0.2) is 0 Å². The van der Waals surface area contributed by atoms with Gasteiger partial charge in [0, 0.05) is 6.23 Å². The minimum atomic E-state index is -2.07. The summed E-state index contributed by atoms with van der Waals surface area (Å²) in [6.45, 7) is 11.5. The first-order valence-electron chi connectivity index (χ1n) is 6.60. The number of hydrogen-bond acceptors (Lipinski definition) is 5. The van der Waals surface area contributed by atoms with E-state index in [1.165, 1.54) is 0 Å². The summed E-state index contributed by atoms with van der Waals surface area (Å²) in [5, 5.41) is 18.7. The summed E-state index contributed by atoms with van der Waals surface area (Å²) >= 11 is 0.